The summed E-state index contributed by atoms with van der Waals surface area (Å²) >= 11 is 0. The molecule has 0 aromatic carbocycles. The van der Waals surface area contributed by atoms with E-state index in [0.29, 0.717) is 6.04 Å². The Morgan fingerprint density at radius 3 is 2.07 bits per heavy atom. The van der Waals surface area contributed by atoms with Crippen LogP contribution in [0.1, 0.15) is 66.2 Å². The van der Waals surface area contributed by atoms with Gasteiger partial charge in [-0.3, -0.25) is 4.79 Å². The van der Waals surface area contributed by atoms with Crippen LogP contribution in [-0.4, -0.2) is 11.9 Å². The molecule has 0 heterocycles. The van der Waals surface area contributed by atoms with Gasteiger partial charge in [-0.2, -0.15) is 0 Å². The van der Waals surface area contributed by atoms with E-state index in [9.17, 15) is 4.79 Å². The summed E-state index contributed by atoms with van der Waals surface area (Å²) < 4.78 is 0. The molecule has 1 atom stereocenters. The number of carbonyl (C=O) groups excluding carboxylic acids is 1. The molecule has 0 aliphatic heterocycles. The number of hydrogen-bond donors (Lipinski definition) is 1. The van der Waals surface area contributed by atoms with E-state index in [1.807, 2.05) is 0 Å². The van der Waals surface area contributed by atoms with Crippen molar-refractivity contribution >= 4 is 5.91 Å². The first-order valence-electron chi connectivity index (χ1n) is 6.49. The molecule has 0 aliphatic rings. The molecule has 0 saturated heterocycles. The van der Waals surface area contributed by atoms with Crippen molar-refractivity contribution in [3.8, 4) is 0 Å². The molecule has 0 rings (SSSR count). The first-order chi connectivity index (χ1) is 7.19. The van der Waals surface area contributed by atoms with Gasteiger partial charge in [0.15, 0.2) is 0 Å². The van der Waals surface area contributed by atoms with Crippen molar-refractivity contribution in [2.24, 2.45) is 5.92 Å². The normalized spacial score (nSPS) is 12.9. The molecule has 0 aromatic heterocycles. The van der Waals surface area contributed by atoms with Gasteiger partial charge in [-0.1, -0.05) is 40.5 Å². The van der Waals surface area contributed by atoms with Gasteiger partial charge in [-0.05, 0) is 25.7 Å². The molecule has 2 nitrogen and oxygen atoms in total. The Morgan fingerprint density at radius 2 is 1.67 bits per heavy atom. The van der Waals surface area contributed by atoms with Crippen molar-refractivity contribution in [1.29, 1.82) is 0 Å². The summed E-state index contributed by atoms with van der Waals surface area (Å²) in [5.74, 6) is 0.491. The Labute approximate surface area is 94.8 Å². The van der Waals surface area contributed by atoms with Crippen LogP contribution in [0.2, 0.25) is 0 Å². The van der Waals surface area contributed by atoms with E-state index < -0.39 is 0 Å². The second-order valence-corrected chi connectivity index (χ2v) is 4.27. The van der Waals surface area contributed by atoms with Gasteiger partial charge < -0.3 is 5.32 Å². The third-order valence-electron chi connectivity index (χ3n) is 3.10. The largest absolute Gasteiger partial charge is 0.353 e. The van der Waals surface area contributed by atoms with Crippen LogP contribution in [0.5, 0.6) is 0 Å². The van der Waals surface area contributed by atoms with E-state index in [-0.39, 0.29) is 11.8 Å². The van der Waals surface area contributed by atoms with Gasteiger partial charge in [-0.15, -0.1) is 0 Å². The molecule has 2 heteroatoms. The topological polar surface area (TPSA) is 29.1 Å². The number of carbonyl (C=O) groups is 1. The Hall–Kier alpha value is -0.530. The lowest BCUT2D eigenvalue weighted by Gasteiger charge is -2.19. The van der Waals surface area contributed by atoms with E-state index in [1.165, 1.54) is 6.42 Å². The van der Waals surface area contributed by atoms with Gasteiger partial charge in [0.25, 0.3) is 0 Å². The summed E-state index contributed by atoms with van der Waals surface area (Å²) in [4.78, 5) is 11.9. The summed E-state index contributed by atoms with van der Waals surface area (Å²) in [6, 6.07) is 0.369. The summed E-state index contributed by atoms with van der Waals surface area (Å²) in [6.45, 7) is 8.53. The monoisotopic (exact) mass is 213 g/mol. The second-order valence-electron chi connectivity index (χ2n) is 4.27. The molecule has 0 radical (unpaired) electrons. The van der Waals surface area contributed by atoms with Gasteiger partial charge in [0.05, 0.1) is 0 Å². The Bertz CT molecular complexity index is 164. The zero-order chi connectivity index (χ0) is 11.7. The minimum absolute atomic E-state index is 0.227. The van der Waals surface area contributed by atoms with Crippen molar-refractivity contribution in [3.05, 3.63) is 0 Å². The minimum atomic E-state index is 0.227. The zero-order valence-electron chi connectivity index (χ0n) is 10.8. The average Bonchev–Trinajstić information content (AvgIpc) is 2.26. The summed E-state index contributed by atoms with van der Waals surface area (Å²) in [5.41, 5.74) is 0. The van der Waals surface area contributed by atoms with Crippen molar-refractivity contribution in [3.63, 3.8) is 0 Å². The van der Waals surface area contributed by atoms with Crippen LogP contribution in [0, 0.1) is 5.92 Å². The Morgan fingerprint density at radius 1 is 1.07 bits per heavy atom. The summed E-state index contributed by atoms with van der Waals surface area (Å²) in [7, 11) is 0. The lowest BCUT2D eigenvalue weighted by atomic mass is 9.97. The van der Waals surface area contributed by atoms with E-state index >= 15 is 0 Å². The quantitative estimate of drug-likeness (QED) is 0.657. The number of rotatable bonds is 8. The lowest BCUT2D eigenvalue weighted by Crippen LogP contribution is -2.38. The van der Waals surface area contributed by atoms with Gasteiger partial charge in [-0.25, -0.2) is 0 Å². The van der Waals surface area contributed by atoms with Crippen LogP contribution in [0.25, 0.3) is 0 Å². The van der Waals surface area contributed by atoms with Crippen molar-refractivity contribution in [2.75, 3.05) is 0 Å². The van der Waals surface area contributed by atoms with Gasteiger partial charge in [0.1, 0.15) is 0 Å². The summed E-state index contributed by atoms with van der Waals surface area (Å²) in [5, 5.41) is 3.14. The third kappa shape index (κ3) is 5.81. The second kappa shape index (κ2) is 8.75. The molecule has 0 saturated carbocycles. The van der Waals surface area contributed by atoms with Gasteiger partial charge in [0, 0.05) is 12.0 Å². The predicted octanol–water partition coefficient (Wildman–Crippen LogP) is 3.51. The van der Waals surface area contributed by atoms with Crippen molar-refractivity contribution in [2.45, 2.75) is 72.3 Å². The minimum Gasteiger partial charge on any atom is -0.353 e. The average molecular weight is 213 g/mol. The van der Waals surface area contributed by atoms with Crippen molar-refractivity contribution < 1.29 is 4.79 Å². The van der Waals surface area contributed by atoms with Crippen LogP contribution in [0.15, 0.2) is 0 Å². The highest BCUT2D eigenvalue weighted by Gasteiger charge is 2.17. The molecule has 0 aromatic rings. The molecule has 90 valence electrons. The van der Waals surface area contributed by atoms with Crippen LogP contribution in [0.3, 0.4) is 0 Å². The maximum atomic E-state index is 11.9. The van der Waals surface area contributed by atoms with Crippen molar-refractivity contribution in [1.82, 2.24) is 5.32 Å². The highest BCUT2D eigenvalue weighted by Crippen LogP contribution is 2.13. The van der Waals surface area contributed by atoms with Crippen LogP contribution in [-0.2, 0) is 4.79 Å². The molecular weight excluding hydrogens is 186 g/mol. The zero-order valence-corrected chi connectivity index (χ0v) is 10.8. The SMILES string of the molecule is CCCC[C@H](CC)C(=O)NC(CC)CC. The highest BCUT2D eigenvalue weighted by atomic mass is 16.1. The molecule has 0 bridgehead atoms. The third-order valence-corrected chi connectivity index (χ3v) is 3.10. The molecule has 15 heavy (non-hydrogen) atoms. The lowest BCUT2D eigenvalue weighted by molar-refractivity contribution is -0.126. The van der Waals surface area contributed by atoms with Crippen LogP contribution in [0.4, 0.5) is 0 Å². The molecule has 1 amide bonds. The highest BCUT2D eigenvalue weighted by molar-refractivity contribution is 5.78. The maximum absolute atomic E-state index is 11.9. The molecule has 0 spiro atoms. The smallest absolute Gasteiger partial charge is 0.223 e. The van der Waals surface area contributed by atoms with Gasteiger partial charge >= 0.3 is 0 Å². The fourth-order valence-electron chi connectivity index (χ4n) is 1.78. The summed E-state index contributed by atoms with van der Waals surface area (Å²) in [6.07, 6.45) is 6.41. The van der Waals surface area contributed by atoms with E-state index in [1.54, 1.807) is 0 Å². The first kappa shape index (κ1) is 14.5. The molecule has 0 fully saturated rings. The molecule has 0 unspecified atom stereocenters. The van der Waals surface area contributed by atoms with Crippen LogP contribution >= 0.6 is 0 Å². The number of nitrogens with one attached hydrogen (secondary N) is 1. The Balaban J connectivity index is 4.02. The molecular formula is C13H27NO. The number of amides is 1. The Kier molecular flexibility index (Phi) is 8.44. The molecule has 0 aliphatic carbocycles. The van der Waals surface area contributed by atoms with Crippen LogP contribution < -0.4 is 5.32 Å². The standard InChI is InChI=1S/C13H27NO/c1-5-9-10-11(6-2)13(15)14-12(7-3)8-4/h11-12H,5-10H2,1-4H3,(H,14,15)/t11-/m0/s1. The molecule has 1 N–H and O–H groups in total. The number of hydrogen-bond acceptors (Lipinski definition) is 1. The number of unbranched alkanes of at least 4 members (excludes halogenated alkanes) is 1. The first-order valence-corrected chi connectivity index (χ1v) is 6.49. The fraction of sp³-hybridized carbons (Fsp3) is 0.923. The van der Waals surface area contributed by atoms with E-state index in [0.717, 1.165) is 32.1 Å². The predicted molar refractivity (Wildman–Crippen MR) is 65.8 cm³/mol. The van der Waals surface area contributed by atoms with Gasteiger partial charge in [0.2, 0.25) is 5.91 Å². The fourth-order valence-corrected chi connectivity index (χ4v) is 1.78. The van der Waals surface area contributed by atoms with E-state index in [2.05, 4.69) is 33.0 Å². The maximum Gasteiger partial charge on any atom is 0.223 e. The van der Waals surface area contributed by atoms with E-state index in [4.69, 9.17) is 0 Å².